The first-order valence-corrected chi connectivity index (χ1v) is 13.2. The second kappa shape index (κ2) is 9.08. The summed E-state index contributed by atoms with van der Waals surface area (Å²) in [6.07, 6.45) is 0. The fraction of sp³-hybridized carbons (Fsp3) is 0.103. The first-order chi connectivity index (χ1) is 17.5. The lowest BCUT2D eigenvalue weighted by Crippen LogP contribution is -2.29. The second-order valence-corrected chi connectivity index (χ2v) is 10.6. The van der Waals surface area contributed by atoms with E-state index < -0.39 is 0 Å². The number of hydrogen-bond donors (Lipinski definition) is 0. The van der Waals surface area contributed by atoms with Crippen LogP contribution in [0, 0.1) is 6.92 Å². The predicted molar refractivity (Wildman–Crippen MR) is 152 cm³/mol. The lowest BCUT2D eigenvalue weighted by atomic mass is 10.1. The molecule has 4 aromatic rings. The average Bonchev–Trinajstić information content (AvgIpc) is 3.40. The van der Waals surface area contributed by atoms with E-state index in [4.69, 9.17) is 9.73 Å². The van der Waals surface area contributed by atoms with E-state index in [1.807, 2.05) is 74.6 Å². The molecule has 7 heteroatoms. The number of carbonyl (C=O) groups excluding carboxylic acids is 1. The number of ether oxygens (including phenoxy) is 1. The zero-order chi connectivity index (χ0) is 24.8. The summed E-state index contributed by atoms with van der Waals surface area (Å²) in [4.78, 5) is 24.4. The van der Waals surface area contributed by atoms with Crippen LogP contribution in [0.3, 0.4) is 0 Å². The van der Waals surface area contributed by atoms with Crippen molar-refractivity contribution in [1.82, 2.24) is 0 Å². The van der Waals surface area contributed by atoms with E-state index in [0.717, 1.165) is 49.1 Å². The normalized spacial score (nSPS) is 18.4. The van der Waals surface area contributed by atoms with Gasteiger partial charge in [0.05, 0.1) is 29.2 Å². The van der Waals surface area contributed by atoms with E-state index in [1.54, 1.807) is 23.8 Å². The monoisotopic (exact) mass is 509 g/mol. The van der Waals surface area contributed by atoms with Crippen LogP contribution in [0.4, 0.5) is 17.1 Å². The molecule has 2 aliphatic heterocycles. The number of aliphatic imine (C=N–C) groups is 1. The minimum atomic E-state index is -0.0717. The molecule has 0 saturated carbocycles. The van der Waals surface area contributed by atoms with Gasteiger partial charge < -0.3 is 9.64 Å². The highest BCUT2D eigenvalue weighted by Crippen LogP contribution is 2.51. The Morgan fingerprint density at radius 1 is 0.861 bits per heavy atom. The summed E-state index contributed by atoms with van der Waals surface area (Å²) in [6, 6.07) is 28.3. The third kappa shape index (κ3) is 3.94. The van der Waals surface area contributed by atoms with Crippen LogP contribution in [0.5, 0.6) is 5.75 Å². The highest BCUT2D eigenvalue weighted by Gasteiger charge is 2.40. The molecule has 0 spiro atoms. The van der Waals surface area contributed by atoms with Gasteiger partial charge in [-0.15, -0.1) is 0 Å². The predicted octanol–water partition coefficient (Wildman–Crippen LogP) is 7.34. The van der Waals surface area contributed by atoms with Crippen molar-refractivity contribution in [2.75, 3.05) is 24.0 Å². The third-order valence-corrected chi connectivity index (χ3v) is 8.66. The highest BCUT2D eigenvalue weighted by molar-refractivity contribution is 8.20. The molecule has 4 aromatic carbocycles. The fourth-order valence-corrected chi connectivity index (χ4v) is 6.63. The fourth-order valence-electron chi connectivity index (χ4n) is 4.31. The van der Waals surface area contributed by atoms with Crippen LogP contribution < -0.4 is 14.5 Å². The summed E-state index contributed by atoms with van der Waals surface area (Å²) < 4.78 is 5.42. The van der Waals surface area contributed by atoms with Crippen molar-refractivity contribution >= 4 is 62.4 Å². The second-order valence-electron chi connectivity index (χ2n) is 8.63. The van der Waals surface area contributed by atoms with Gasteiger partial charge in [0.2, 0.25) is 0 Å². The van der Waals surface area contributed by atoms with E-state index in [1.165, 1.54) is 11.8 Å². The van der Waals surface area contributed by atoms with Gasteiger partial charge in [-0.05, 0) is 65.9 Å². The standard InChI is InChI=1S/C29H23N3O2S2/c1-18-8-12-22(13-9-18)32-27(33)26(28-31(2)24-17-23(34-3)14-15-25(24)35-28)36-29(32)30-21-11-10-19-6-4-5-7-20(19)16-21/h4-17H,1-3H3/b28-26-,30-29?. The maximum absolute atomic E-state index is 13.9. The lowest BCUT2D eigenvalue weighted by molar-refractivity contribution is -0.113. The number of rotatable bonds is 3. The van der Waals surface area contributed by atoms with Crippen LogP contribution in [-0.4, -0.2) is 25.2 Å². The molecule has 0 bridgehead atoms. The van der Waals surface area contributed by atoms with Crippen LogP contribution in [0.2, 0.25) is 0 Å². The Morgan fingerprint density at radius 2 is 1.64 bits per heavy atom. The molecule has 0 aromatic heterocycles. The van der Waals surface area contributed by atoms with Crippen molar-refractivity contribution in [3.8, 4) is 5.75 Å². The number of fused-ring (bicyclic) bond motifs is 2. The van der Waals surface area contributed by atoms with E-state index in [0.29, 0.717) is 10.1 Å². The first kappa shape index (κ1) is 22.8. The van der Waals surface area contributed by atoms with Crippen molar-refractivity contribution in [2.45, 2.75) is 11.8 Å². The minimum absolute atomic E-state index is 0.0717. The number of benzene rings is 4. The molecule has 2 heterocycles. The number of amidine groups is 1. The van der Waals surface area contributed by atoms with E-state index in [9.17, 15) is 4.79 Å². The minimum Gasteiger partial charge on any atom is -0.497 e. The van der Waals surface area contributed by atoms with Gasteiger partial charge in [0.1, 0.15) is 10.7 Å². The molecule has 2 aliphatic rings. The maximum atomic E-state index is 13.9. The summed E-state index contributed by atoms with van der Waals surface area (Å²) in [5.74, 6) is 0.718. The number of methoxy groups -OCH3 is 1. The number of hydrogen-bond acceptors (Lipinski definition) is 6. The number of nitrogens with zero attached hydrogens (tertiary/aromatic N) is 3. The third-order valence-electron chi connectivity index (χ3n) is 6.26. The van der Waals surface area contributed by atoms with Gasteiger partial charge in [-0.1, -0.05) is 59.8 Å². The Bertz CT molecular complexity index is 1580. The highest BCUT2D eigenvalue weighted by atomic mass is 32.2. The molecule has 1 fully saturated rings. The lowest BCUT2D eigenvalue weighted by Gasteiger charge is -2.17. The van der Waals surface area contributed by atoms with Gasteiger partial charge in [-0.2, -0.15) is 0 Å². The molecule has 1 amide bonds. The molecule has 0 atom stereocenters. The first-order valence-electron chi connectivity index (χ1n) is 11.5. The van der Waals surface area contributed by atoms with Gasteiger partial charge in [0.25, 0.3) is 5.91 Å². The molecular formula is C29H23N3O2S2. The van der Waals surface area contributed by atoms with Gasteiger partial charge in [-0.25, -0.2) is 4.99 Å². The molecule has 6 rings (SSSR count). The van der Waals surface area contributed by atoms with Gasteiger partial charge in [0, 0.05) is 18.0 Å². The van der Waals surface area contributed by atoms with Crippen LogP contribution in [0.25, 0.3) is 10.8 Å². The number of thioether (sulfide) groups is 2. The summed E-state index contributed by atoms with van der Waals surface area (Å²) in [5, 5.41) is 3.81. The van der Waals surface area contributed by atoms with E-state index >= 15 is 0 Å². The summed E-state index contributed by atoms with van der Waals surface area (Å²) >= 11 is 3.02. The average molecular weight is 510 g/mol. The van der Waals surface area contributed by atoms with Crippen molar-refractivity contribution < 1.29 is 9.53 Å². The van der Waals surface area contributed by atoms with E-state index in [2.05, 4.69) is 29.2 Å². The summed E-state index contributed by atoms with van der Waals surface area (Å²) in [7, 11) is 3.65. The van der Waals surface area contributed by atoms with E-state index in [-0.39, 0.29) is 5.91 Å². The molecular weight excluding hydrogens is 486 g/mol. The number of carbonyl (C=O) groups is 1. The molecule has 36 heavy (non-hydrogen) atoms. The molecule has 5 nitrogen and oxygen atoms in total. The molecule has 0 unspecified atom stereocenters. The number of anilines is 2. The smallest absolute Gasteiger partial charge is 0.274 e. The quantitative estimate of drug-likeness (QED) is 0.271. The zero-order valence-corrected chi connectivity index (χ0v) is 21.7. The van der Waals surface area contributed by atoms with Crippen LogP contribution in [0.15, 0.2) is 105 Å². The van der Waals surface area contributed by atoms with Crippen LogP contribution in [0.1, 0.15) is 5.56 Å². The molecule has 1 saturated heterocycles. The maximum Gasteiger partial charge on any atom is 0.274 e. The largest absolute Gasteiger partial charge is 0.497 e. The number of amides is 1. The van der Waals surface area contributed by atoms with Crippen molar-refractivity contribution in [2.24, 2.45) is 4.99 Å². The molecule has 178 valence electrons. The summed E-state index contributed by atoms with van der Waals surface area (Å²) in [6.45, 7) is 2.04. The Labute approximate surface area is 218 Å². The Morgan fingerprint density at radius 3 is 2.42 bits per heavy atom. The SMILES string of the molecule is COc1ccc2c(c1)N(C)/C(=C1/SC(=Nc3ccc4ccccc4c3)N(c3ccc(C)cc3)C1=O)S2. The van der Waals surface area contributed by atoms with Crippen molar-refractivity contribution in [3.05, 3.63) is 100 Å². The van der Waals surface area contributed by atoms with Crippen LogP contribution >= 0.6 is 23.5 Å². The van der Waals surface area contributed by atoms with Crippen molar-refractivity contribution in [3.63, 3.8) is 0 Å². The Balaban J connectivity index is 1.45. The van der Waals surface area contributed by atoms with Crippen LogP contribution in [-0.2, 0) is 4.79 Å². The Hall–Kier alpha value is -3.68. The topological polar surface area (TPSA) is 45.1 Å². The number of aryl methyl sites for hydroxylation is 1. The molecule has 0 radical (unpaired) electrons. The molecule has 0 aliphatic carbocycles. The van der Waals surface area contributed by atoms with Gasteiger partial charge in [0.15, 0.2) is 5.17 Å². The van der Waals surface area contributed by atoms with Gasteiger partial charge in [-0.3, -0.25) is 9.69 Å². The Kier molecular flexibility index (Phi) is 5.74. The summed E-state index contributed by atoms with van der Waals surface area (Å²) in [5.41, 5.74) is 3.78. The van der Waals surface area contributed by atoms with Gasteiger partial charge >= 0.3 is 0 Å². The van der Waals surface area contributed by atoms with Crippen molar-refractivity contribution in [1.29, 1.82) is 0 Å². The molecule has 0 N–H and O–H groups in total. The zero-order valence-electron chi connectivity index (χ0n) is 20.1.